The molecule has 0 amide bonds. The molecule has 0 atom stereocenters. The van der Waals surface area contributed by atoms with E-state index in [1.165, 1.54) is 61.9 Å². The molecule has 0 aliphatic rings. The monoisotopic (exact) mass is 396 g/mol. The van der Waals surface area contributed by atoms with Crippen LogP contribution >= 0.6 is 34.0 Å². The van der Waals surface area contributed by atoms with Crippen molar-refractivity contribution in [2.45, 2.75) is 0 Å². The van der Waals surface area contributed by atoms with Crippen LogP contribution in [-0.4, -0.2) is 0 Å². The summed E-state index contributed by atoms with van der Waals surface area (Å²) in [5, 5.41) is 15.2. The standard InChI is InChI=1S/C24H12S3/c1-3-25-21-9-17-11-23-19(7-15(17)5-13(1)21)20-8-16-6-14-2-4-26-22(14)10-18(16)12-24(20)27-23/h1-12H. The summed E-state index contributed by atoms with van der Waals surface area (Å²) in [6, 6.07) is 23.3. The molecule has 3 heterocycles. The lowest BCUT2D eigenvalue weighted by molar-refractivity contribution is 1.93. The summed E-state index contributed by atoms with van der Waals surface area (Å²) in [5.41, 5.74) is 0. The second-order valence-corrected chi connectivity index (χ2v) is 10.1. The molecule has 4 aromatic carbocycles. The molecule has 126 valence electrons. The van der Waals surface area contributed by atoms with Gasteiger partial charge in [-0.25, -0.2) is 0 Å². The fourth-order valence-corrected chi connectivity index (χ4v) is 6.99. The van der Waals surface area contributed by atoms with E-state index in [1.54, 1.807) is 0 Å². The van der Waals surface area contributed by atoms with Gasteiger partial charge in [-0.3, -0.25) is 0 Å². The Hall–Kier alpha value is -2.46. The molecular weight excluding hydrogens is 384 g/mol. The van der Waals surface area contributed by atoms with Gasteiger partial charge in [0.1, 0.15) is 0 Å². The van der Waals surface area contributed by atoms with Crippen molar-refractivity contribution in [3.05, 3.63) is 71.4 Å². The molecule has 0 saturated heterocycles. The minimum absolute atomic E-state index is 1.33. The fraction of sp³-hybridized carbons (Fsp3) is 0. The van der Waals surface area contributed by atoms with Crippen LogP contribution in [0.3, 0.4) is 0 Å². The number of thiophene rings is 3. The smallest absolute Gasteiger partial charge is 0.0361 e. The maximum Gasteiger partial charge on any atom is 0.0361 e. The Balaban J connectivity index is 1.63. The Labute approximate surface area is 166 Å². The van der Waals surface area contributed by atoms with Gasteiger partial charge in [-0.15, -0.1) is 34.0 Å². The van der Waals surface area contributed by atoms with Crippen LogP contribution < -0.4 is 0 Å². The highest BCUT2D eigenvalue weighted by Crippen LogP contribution is 2.40. The summed E-state index contributed by atoms with van der Waals surface area (Å²) in [6.45, 7) is 0. The van der Waals surface area contributed by atoms with Crippen molar-refractivity contribution >= 4 is 95.9 Å². The molecule has 7 aromatic rings. The molecule has 0 saturated carbocycles. The highest BCUT2D eigenvalue weighted by Gasteiger charge is 2.10. The van der Waals surface area contributed by atoms with E-state index in [1.807, 2.05) is 34.0 Å². The van der Waals surface area contributed by atoms with E-state index in [2.05, 4.69) is 71.4 Å². The van der Waals surface area contributed by atoms with E-state index in [-0.39, 0.29) is 0 Å². The molecule has 0 fully saturated rings. The molecule has 0 radical (unpaired) electrons. The van der Waals surface area contributed by atoms with Gasteiger partial charge < -0.3 is 0 Å². The van der Waals surface area contributed by atoms with Gasteiger partial charge in [0.25, 0.3) is 0 Å². The quantitative estimate of drug-likeness (QED) is 0.240. The predicted octanol–water partition coefficient (Wildman–Crippen LogP) is 8.79. The van der Waals surface area contributed by atoms with Crippen LogP contribution in [0.4, 0.5) is 0 Å². The van der Waals surface area contributed by atoms with E-state index in [0.29, 0.717) is 0 Å². The van der Waals surface area contributed by atoms with E-state index < -0.39 is 0 Å². The molecule has 3 heteroatoms. The van der Waals surface area contributed by atoms with Gasteiger partial charge in [-0.1, -0.05) is 0 Å². The maximum absolute atomic E-state index is 2.38. The second kappa shape index (κ2) is 5.08. The van der Waals surface area contributed by atoms with Crippen LogP contribution in [0.25, 0.3) is 61.9 Å². The Morgan fingerprint density at radius 2 is 0.852 bits per heavy atom. The normalized spacial score (nSPS) is 12.4. The van der Waals surface area contributed by atoms with Crippen molar-refractivity contribution in [1.29, 1.82) is 0 Å². The van der Waals surface area contributed by atoms with Crippen molar-refractivity contribution in [1.82, 2.24) is 0 Å². The topological polar surface area (TPSA) is 0 Å². The summed E-state index contributed by atoms with van der Waals surface area (Å²) in [4.78, 5) is 0. The average Bonchev–Trinajstić information content (AvgIpc) is 3.38. The van der Waals surface area contributed by atoms with Crippen molar-refractivity contribution in [3.8, 4) is 0 Å². The zero-order chi connectivity index (χ0) is 17.5. The first kappa shape index (κ1) is 14.6. The minimum atomic E-state index is 1.33. The fourth-order valence-electron chi connectivity index (χ4n) is 4.19. The molecule has 3 aromatic heterocycles. The number of benzene rings is 4. The molecule has 0 aliphatic heterocycles. The summed E-state index contributed by atoms with van der Waals surface area (Å²) in [5.74, 6) is 0. The lowest BCUT2D eigenvalue weighted by Gasteiger charge is -2.02. The Morgan fingerprint density at radius 3 is 1.37 bits per heavy atom. The van der Waals surface area contributed by atoms with Gasteiger partial charge in [0.15, 0.2) is 0 Å². The lowest BCUT2D eigenvalue weighted by atomic mass is 10.0. The van der Waals surface area contributed by atoms with Crippen molar-refractivity contribution in [3.63, 3.8) is 0 Å². The zero-order valence-corrected chi connectivity index (χ0v) is 16.6. The van der Waals surface area contributed by atoms with Gasteiger partial charge >= 0.3 is 0 Å². The summed E-state index contributed by atoms with van der Waals surface area (Å²) < 4.78 is 5.50. The lowest BCUT2D eigenvalue weighted by Crippen LogP contribution is -1.75. The highest BCUT2D eigenvalue weighted by atomic mass is 32.1. The van der Waals surface area contributed by atoms with Crippen molar-refractivity contribution < 1.29 is 0 Å². The average molecular weight is 397 g/mol. The number of fused-ring (bicyclic) bond motifs is 7. The molecule has 0 spiro atoms. The third kappa shape index (κ3) is 2.02. The van der Waals surface area contributed by atoms with E-state index in [4.69, 9.17) is 0 Å². The Bertz CT molecular complexity index is 1550. The first-order valence-electron chi connectivity index (χ1n) is 8.90. The maximum atomic E-state index is 2.38. The van der Waals surface area contributed by atoms with Gasteiger partial charge in [-0.05, 0) is 104 Å². The van der Waals surface area contributed by atoms with E-state index in [0.717, 1.165) is 0 Å². The Kier molecular flexibility index (Phi) is 2.74. The summed E-state index contributed by atoms with van der Waals surface area (Å²) in [6.07, 6.45) is 0. The van der Waals surface area contributed by atoms with Crippen LogP contribution in [0.5, 0.6) is 0 Å². The highest BCUT2D eigenvalue weighted by molar-refractivity contribution is 7.26. The van der Waals surface area contributed by atoms with Crippen LogP contribution in [-0.2, 0) is 0 Å². The SMILES string of the molecule is c1cc2cc3cc4c(cc3cc2s1)sc1cc2cc3sccc3cc2cc14. The van der Waals surface area contributed by atoms with Crippen molar-refractivity contribution in [2.75, 3.05) is 0 Å². The molecule has 0 nitrogen and oxygen atoms in total. The summed E-state index contributed by atoms with van der Waals surface area (Å²) >= 11 is 5.55. The molecule has 0 bridgehead atoms. The number of rotatable bonds is 0. The number of hydrogen-bond acceptors (Lipinski definition) is 3. The minimum Gasteiger partial charge on any atom is -0.144 e. The second-order valence-electron chi connectivity index (χ2n) is 7.11. The zero-order valence-electron chi connectivity index (χ0n) is 14.2. The third-order valence-corrected chi connectivity index (χ3v) is 8.40. The van der Waals surface area contributed by atoms with Crippen LogP contribution in [0, 0.1) is 0 Å². The largest absolute Gasteiger partial charge is 0.144 e. The number of hydrogen-bond donors (Lipinski definition) is 0. The van der Waals surface area contributed by atoms with Gasteiger partial charge in [0, 0.05) is 29.6 Å². The Morgan fingerprint density at radius 1 is 0.407 bits per heavy atom. The van der Waals surface area contributed by atoms with Gasteiger partial charge in [0.2, 0.25) is 0 Å². The van der Waals surface area contributed by atoms with Crippen LogP contribution in [0.2, 0.25) is 0 Å². The van der Waals surface area contributed by atoms with Crippen molar-refractivity contribution in [2.24, 2.45) is 0 Å². The molecule has 27 heavy (non-hydrogen) atoms. The molecule has 7 rings (SSSR count). The molecule has 0 unspecified atom stereocenters. The molecule has 0 N–H and O–H groups in total. The molecular formula is C24H12S3. The van der Waals surface area contributed by atoms with Gasteiger partial charge in [0.05, 0.1) is 0 Å². The first-order chi connectivity index (χ1) is 13.3. The van der Waals surface area contributed by atoms with Crippen LogP contribution in [0.1, 0.15) is 0 Å². The third-order valence-electron chi connectivity index (χ3n) is 5.53. The van der Waals surface area contributed by atoms with Gasteiger partial charge in [-0.2, -0.15) is 0 Å². The molecule has 0 aliphatic carbocycles. The van der Waals surface area contributed by atoms with E-state index in [9.17, 15) is 0 Å². The van der Waals surface area contributed by atoms with E-state index >= 15 is 0 Å². The first-order valence-corrected chi connectivity index (χ1v) is 11.5. The predicted molar refractivity (Wildman–Crippen MR) is 125 cm³/mol. The van der Waals surface area contributed by atoms with Crippen LogP contribution in [0.15, 0.2) is 71.4 Å². The summed E-state index contributed by atoms with van der Waals surface area (Å²) in [7, 11) is 0.